The van der Waals surface area contributed by atoms with E-state index in [2.05, 4.69) is 4.74 Å². The zero-order valence-corrected chi connectivity index (χ0v) is 8.02. The van der Waals surface area contributed by atoms with E-state index >= 15 is 0 Å². The number of hydrogen-bond acceptors (Lipinski definition) is 5. The lowest BCUT2D eigenvalue weighted by atomic mass is 10.1. The third-order valence-electron chi connectivity index (χ3n) is 1.52. The van der Waals surface area contributed by atoms with Gasteiger partial charge in [-0.1, -0.05) is 13.8 Å². The van der Waals surface area contributed by atoms with Crippen molar-refractivity contribution >= 4 is 12.4 Å². The fourth-order valence-corrected chi connectivity index (χ4v) is 0.620. The third kappa shape index (κ3) is 4.47. The van der Waals surface area contributed by atoms with E-state index in [1.165, 1.54) is 6.92 Å². The first-order chi connectivity index (χ1) is 5.99. The predicted molar refractivity (Wildman–Crippen MR) is 45.5 cm³/mol. The van der Waals surface area contributed by atoms with Crippen LogP contribution in [0.4, 0.5) is 0 Å². The highest BCUT2D eigenvalue weighted by Gasteiger charge is 2.21. The van der Waals surface area contributed by atoms with E-state index in [-0.39, 0.29) is 12.4 Å². The van der Waals surface area contributed by atoms with Crippen molar-refractivity contribution in [2.75, 3.05) is 0 Å². The van der Waals surface area contributed by atoms with Gasteiger partial charge in [0.15, 0.2) is 0 Å². The highest BCUT2D eigenvalue weighted by Crippen LogP contribution is 2.02. The average molecular weight is 189 g/mol. The van der Waals surface area contributed by atoms with E-state index in [1.54, 1.807) is 13.8 Å². The Kier molecular flexibility index (Phi) is 5.06. The van der Waals surface area contributed by atoms with Crippen molar-refractivity contribution < 1.29 is 19.1 Å². The second-order valence-electron chi connectivity index (χ2n) is 3.01. The van der Waals surface area contributed by atoms with Gasteiger partial charge in [-0.05, 0) is 5.92 Å². The second kappa shape index (κ2) is 5.53. The molecule has 0 aromatic rings. The molecular weight excluding hydrogens is 174 g/mol. The summed E-state index contributed by atoms with van der Waals surface area (Å²) in [6.45, 7) is 5.27. The van der Waals surface area contributed by atoms with Crippen molar-refractivity contribution in [1.82, 2.24) is 0 Å². The summed E-state index contributed by atoms with van der Waals surface area (Å²) in [7, 11) is 0. The molecule has 0 aliphatic carbocycles. The maximum atomic E-state index is 11.1. The van der Waals surface area contributed by atoms with Crippen molar-refractivity contribution in [3.8, 4) is 0 Å². The van der Waals surface area contributed by atoms with Crippen LogP contribution in [0.15, 0.2) is 0 Å². The number of hydrogen-bond donors (Lipinski definition) is 1. The van der Waals surface area contributed by atoms with Crippen LogP contribution in [0.5, 0.6) is 0 Å². The SMILES string of the molecule is CC(OC=O)OC(=O)[C@@H](N)C(C)C. The Labute approximate surface area is 77.2 Å². The summed E-state index contributed by atoms with van der Waals surface area (Å²) < 4.78 is 9.06. The molecule has 0 bridgehead atoms. The minimum Gasteiger partial charge on any atom is -0.428 e. The second-order valence-corrected chi connectivity index (χ2v) is 3.01. The van der Waals surface area contributed by atoms with E-state index in [9.17, 15) is 9.59 Å². The third-order valence-corrected chi connectivity index (χ3v) is 1.52. The fourth-order valence-electron chi connectivity index (χ4n) is 0.620. The summed E-state index contributed by atoms with van der Waals surface area (Å²) in [6, 6.07) is -0.683. The van der Waals surface area contributed by atoms with Crippen molar-refractivity contribution in [3.05, 3.63) is 0 Å². The monoisotopic (exact) mass is 189 g/mol. The number of carbonyl (C=O) groups excluding carboxylic acids is 2. The number of esters is 1. The molecule has 0 aromatic heterocycles. The zero-order valence-electron chi connectivity index (χ0n) is 8.02. The van der Waals surface area contributed by atoms with Crippen LogP contribution in [0.1, 0.15) is 20.8 Å². The number of rotatable bonds is 5. The number of ether oxygens (including phenoxy) is 2. The summed E-state index contributed by atoms with van der Waals surface area (Å²) in [5.41, 5.74) is 5.49. The molecule has 0 amide bonds. The zero-order chi connectivity index (χ0) is 10.4. The predicted octanol–water partition coefficient (Wildman–Crippen LogP) is 0.0319. The van der Waals surface area contributed by atoms with Gasteiger partial charge in [0, 0.05) is 6.92 Å². The van der Waals surface area contributed by atoms with Gasteiger partial charge in [0.1, 0.15) is 6.04 Å². The van der Waals surface area contributed by atoms with Crippen LogP contribution in [0.2, 0.25) is 0 Å². The summed E-state index contributed by atoms with van der Waals surface area (Å²) in [5.74, 6) is -0.569. The molecule has 5 heteroatoms. The molecule has 0 radical (unpaired) electrons. The average Bonchev–Trinajstić information content (AvgIpc) is 2.03. The Morgan fingerprint density at radius 1 is 1.38 bits per heavy atom. The molecule has 0 aliphatic heterocycles. The highest BCUT2D eigenvalue weighted by molar-refractivity contribution is 5.75. The molecular formula is C8H15NO4. The van der Waals surface area contributed by atoms with Gasteiger partial charge in [-0.2, -0.15) is 0 Å². The molecule has 0 saturated carbocycles. The van der Waals surface area contributed by atoms with Gasteiger partial charge in [0.2, 0.25) is 6.29 Å². The van der Waals surface area contributed by atoms with E-state index in [0.717, 1.165) is 0 Å². The number of carbonyl (C=O) groups is 2. The van der Waals surface area contributed by atoms with Gasteiger partial charge in [-0.15, -0.1) is 0 Å². The molecule has 0 fully saturated rings. The molecule has 76 valence electrons. The molecule has 2 N–H and O–H groups in total. The van der Waals surface area contributed by atoms with E-state index in [4.69, 9.17) is 10.5 Å². The largest absolute Gasteiger partial charge is 0.428 e. The first-order valence-electron chi connectivity index (χ1n) is 4.04. The van der Waals surface area contributed by atoms with Crippen molar-refractivity contribution in [2.24, 2.45) is 11.7 Å². The summed E-state index contributed by atoms with van der Waals surface area (Å²) in [4.78, 5) is 21.0. The summed E-state index contributed by atoms with van der Waals surface area (Å²) in [5, 5.41) is 0. The Bertz CT molecular complexity index is 181. The molecule has 0 saturated heterocycles. The Morgan fingerprint density at radius 3 is 2.31 bits per heavy atom. The van der Waals surface area contributed by atoms with E-state index < -0.39 is 18.3 Å². The normalized spacial score (nSPS) is 14.8. The standard InChI is InChI=1S/C8H15NO4/c1-5(2)7(9)8(11)13-6(3)12-4-10/h4-7H,9H2,1-3H3/t6?,7-/m0/s1. The minimum atomic E-state index is -0.880. The van der Waals surface area contributed by atoms with Crippen LogP contribution < -0.4 is 5.73 Å². The summed E-state index contributed by atoms with van der Waals surface area (Å²) in [6.07, 6.45) is -0.880. The lowest BCUT2D eigenvalue weighted by Crippen LogP contribution is -2.38. The fraction of sp³-hybridized carbons (Fsp3) is 0.750. The molecule has 0 spiro atoms. The molecule has 5 nitrogen and oxygen atoms in total. The van der Waals surface area contributed by atoms with Gasteiger partial charge < -0.3 is 15.2 Å². The molecule has 1 unspecified atom stereocenters. The Morgan fingerprint density at radius 2 is 1.92 bits per heavy atom. The Balaban J connectivity index is 3.92. The van der Waals surface area contributed by atoms with Crippen molar-refractivity contribution in [2.45, 2.75) is 33.1 Å². The van der Waals surface area contributed by atoms with Crippen LogP contribution in [0, 0.1) is 5.92 Å². The lowest BCUT2D eigenvalue weighted by molar-refractivity contribution is -0.178. The minimum absolute atomic E-state index is 0.00377. The van der Waals surface area contributed by atoms with Crippen molar-refractivity contribution in [3.63, 3.8) is 0 Å². The van der Waals surface area contributed by atoms with Gasteiger partial charge in [0.25, 0.3) is 6.47 Å². The topological polar surface area (TPSA) is 78.6 Å². The van der Waals surface area contributed by atoms with Crippen LogP contribution in [-0.2, 0) is 19.1 Å². The lowest BCUT2D eigenvalue weighted by Gasteiger charge is -2.17. The Hall–Kier alpha value is -1.10. The molecule has 0 rings (SSSR count). The number of nitrogens with two attached hydrogens (primary N) is 1. The van der Waals surface area contributed by atoms with E-state index in [1.807, 2.05) is 0 Å². The molecule has 0 aromatic carbocycles. The maximum absolute atomic E-state index is 11.1. The smallest absolute Gasteiger partial charge is 0.326 e. The van der Waals surface area contributed by atoms with Crippen LogP contribution >= 0.6 is 0 Å². The first kappa shape index (κ1) is 11.9. The maximum Gasteiger partial charge on any atom is 0.326 e. The quantitative estimate of drug-likeness (QED) is 0.375. The molecule has 0 heterocycles. The van der Waals surface area contributed by atoms with Gasteiger partial charge in [-0.25, -0.2) is 0 Å². The first-order valence-corrected chi connectivity index (χ1v) is 4.04. The van der Waals surface area contributed by atoms with Gasteiger partial charge >= 0.3 is 5.97 Å². The molecule has 13 heavy (non-hydrogen) atoms. The molecule has 0 aliphatic rings. The molecule has 2 atom stereocenters. The van der Waals surface area contributed by atoms with Crippen molar-refractivity contribution in [1.29, 1.82) is 0 Å². The summed E-state index contributed by atoms with van der Waals surface area (Å²) >= 11 is 0. The van der Waals surface area contributed by atoms with Gasteiger partial charge in [0.05, 0.1) is 0 Å². The van der Waals surface area contributed by atoms with Crippen LogP contribution in [0.3, 0.4) is 0 Å². The van der Waals surface area contributed by atoms with E-state index in [0.29, 0.717) is 0 Å². The van der Waals surface area contributed by atoms with Crippen LogP contribution in [-0.4, -0.2) is 24.8 Å². The van der Waals surface area contributed by atoms with Crippen LogP contribution in [0.25, 0.3) is 0 Å². The van der Waals surface area contributed by atoms with Gasteiger partial charge in [-0.3, -0.25) is 9.59 Å². The highest BCUT2D eigenvalue weighted by atomic mass is 16.7.